The van der Waals surface area contributed by atoms with Crippen LogP contribution in [0.5, 0.6) is 0 Å². The van der Waals surface area contributed by atoms with Gasteiger partial charge in [-0.05, 0) is 62.2 Å². The quantitative estimate of drug-likeness (QED) is 0.736. The van der Waals surface area contributed by atoms with Gasteiger partial charge in [0, 0.05) is 15.7 Å². The second kappa shape index (κ2) is 5.97. The number of nitrogens with one attached hydrogen (secondary N) is 1. The lowest BCUT2D eigenvalue weighted by Crippen LogP contribution is -2.09. The Labute approximate surface area is 137 Å². The third-order valence-corrected chi connectivity index (χ3v) is 6.18. The molecule has 0 saturated heterocycles. The molecule has 0 aliphatic carbocycles. The number of carbonyl (C=O) groups is 1. The van der Waals surface area contributed by atoms with Crippen LogP contribution in [0, 0.1) is 0 Å². The summed E-state index contributed by atoms with van der Waals surface area (Å²) in [6.07, 6.45) is 1.08. The molecule has 1 aromatic heterocycles. The van der Waals surface area contributed by atoms with Crippen LogP contribution in [0.15, 0.2) is 38.6 Å². The molecule has 20 heavy (non-hydrogen) atoms. The summed E-state index contributed by atoms with van der Waals surface area (Å²) in [6, 6.07) is 8.06. The minimum Gasteiger partial charge on any atom is -0.288 e. The molecule has 2 aromatic rings. The molecule has 0 saturated carbocycles. The highest BCUT2D eigenvalue weighted by atomic mass is 79.9. The van der Waals surface area contributed by atoms with Crippen molar-refractivity contribution in [2.24, 2.45) is 0 Å². The van der Waals surface area contributed by atoms with E-state index in [1.54, 1.807) is 30.3 Å². The van der Waals surface area contributed by atoms with Crippen molar-refractivity contribution in [3.63, 3.8) is 0 Å². The third kappa shape index (κ3) is 3.91. The first-order valence-electron chi connectivity index (χ1n) is 5.33. The zero-order valence-electron chi connectivity index (χ0n) is 10.2. The SMILES string of the molecule is CS(=O)(=O)Nc1ccc(C(=O)c2cc(Br)c(Br)s2)cc1. The normalized spacial score (nSPS) is 11.3. The monoisotopic (exact) mass is 437 g/mol. The van der Waals surface area contributed by atoms with Crippen molar-refractivity contribution < 1.29 is 13.2 Å². The summed E-state index contributed by atoms with van der Waals surface area (Å²) in [5.74, 6) is -0.104. The number of thiophene rings is 1. The van der Waals surface area contributed by atoms with Crippen LogP contribution < -0.4 is 4.72 Å². The van der Waals surface area contributed by atoms with E-state index in [2.05, 4.69) is 36.6 Å². The molecule has 0 aliphatic heterocycles. The maximum absolute atomic E-state index is 12.2. The summed E-state index contributed by atoms with van der Waals surface area (Å²) in [5.41, 5.74) is 0.933. The van der Waals surface area contributed by atoms with Crippen LogP contribution in [0.4, 0.5) is 5.69 Å². The minimum absolute atomic E-state index is 0.104. The van der Waals surface area contributed by atoms with Crippen LogP contribution in [-0.2, 0) is 10.0 Å². The molecule has 0 fully saturated rings. The Bertz CT molecular complexity index is 732. The van der Waals surface area contributed by atoms with Crippen molar-refractivity contribution in [2.75, 3.05) is 11.0 Å². The van der Waals surface area contributed by atoms with E-state index in [0.717, 1.165) is 14.5 Å². The number of sulfonamides is 1. The molecule has 0 bridgehead atoms. The number of anilines is 1. The van der Waals surface area contributed by atoms with Crippen LogP contribution in [0.3, 0.4) is 0 Å². The summed E-state index contributed by atoms with van der Waals surface area (Å²) in [6.45, 7) is 0. The molecule has 106 valence electrons. The zero-order chi connectivity index (χ0) is 14.9. The van der Waals surface area contributed by atoms with Gasteiger partial charge in [-0.3, -0.25) is 9.52 Å². The number of benzene rings is 1. The zero-order valence-corrected chi connectivity index (χ0v) is 15.0. The lowest BCUT2D eigenvalue weighted by Gasteiger charge is -2.04. The van der Waals surface area contributed by atoms with Gasteiger partial charge in [0.25, 0.3) is 0 Å². The summed E-state index contributed by atoms with van der Waals surface area (Å²) in [7, 11) is -3.31. The molecule has 0 unspecified atom stereocenters. The van der Waals surface area contributed by atoms with Gasteiger partial charge in [0.1, 0.15) is 0 Å². The highest BCUT2D eigenvalue weighted by Gasteiger charge is 2.14. The van der Waals surface area contributed by atoms with Crippen molar-refractivity contribution in [2.45, 2.75) is 0 Å². The van der Waals surface area contributed by atoms with E-state index < -0.39 is 10.0 Å². The number of carbonyl (C=O) groups excluding carboxylic acids is 1. The largest absolute Gasteiger partial charge is 0.288 e. The molecule has 0 aliphatic rings. The van der Waals surface area contributed by atoms with Crippen molar-refractivity contribution in [1.82, 2.24) is 0 Å². The summed E-state index contributed by atoms with van der Waals surface area (Å²) >= 11 is 8.02. The van der Waals surface area contributed by atoms with E-state index >= 15 is 0 Å². The smallest absolute Gasteiger partial charge is 0.229 e. The minimum atomic E-state index is -3.31. The lowest BCUT2D eigenvalue weighted by molar-refractivity contribution is 0.104. The molecular formula is C12H9Br2NO3S2. The molecule has 1 aromatic carbocycles. The van der Waals surface area contributed by atoms with E-state index in [1.807, 2.05) is 0 Å². The van der Waals surface area contributed by atoms with E-state index in [0.29, 0.717) is 16.1 Å². The van der Waals surface area contributed by atoms with Gasteiger partial charge in [0.15, 0.2) is 0 Å². The van der Waals surface area contributed by atoms with E-state index in [4.69, 9.17) is 0 Å². The van der Waals surface area contributed by atoms with Crippen molar-refractivity contribution in [3.8, 4) is 0 Å². The molecule has 2 rings (SSSR count). The van der Waals surface area contributed by atoms with Gasteiger partial charge in [0.2, 0.25) is 15.8 Å². The first kappa shape index (κ1) is 15.7. The number of hydrogen-bond acceptors (Lipinski definition) is 4. The predicted molar refractivity (Wildman–Crippen MR) is 88.1 cm³/mol. The van der Waals surface area contributed by atoms with Crippen LogP contribution >= 0.6 is 43.2 Å². The maximum Gasteiger partial charge on any atom is 0.229 e. The molecular weight excluding hydrogens is 430 g/mol. The molecule has 1 N–H and O–H groups in total. The van der Waals surface area contributed by atoms with Gasteiger partial charge < -0.3 is 0 Å². The summed E-state index contributed by atoms with van der Waals surface area (Å²) in [5, 5.41) is 0. The van der Waals surface area contributed by atoms with Crippen molar-refractivity contribution in [1.29, 1.82) is 0 Å². The average Bonchev–Trinajstić information content (AvgIpc) is 2.68. The van der Waals surface area contributed by atoms with Gasteiger partial charge in [0.05, 0.1) is 14.9 Å². The summed E-state index contributed by atoms with van der Waals surface area (Å²) < 4.78 is 26.2. The lowest BCUT2D eigenvalue weighted by atomic mass is 10.1. The third-order valence-electron chi connectivity index (χ3n) is 2.32. The van der Waals surface area contributed by atoms with Crippen LogP contribution in [0.2, 0.25) is 0 Å². The van der Waals surface area contributed by atoms with Gasteiger partial charge in [-0.1, -0.05) is 0 Å². The fraction of sp³-hybridized carbons (Fsp3) is 0.0833. The molecule has 0 radical (unpaired) electrons. The molecule has 0 atom stereocenters. The van der Waals surface area contributed by atoms with Crippen LogP contribution in [0.1, 0.15) is 15.2 Å². The van der Waals surface area contributed by atoms with Gasteiger partial charge in [-0.25, -0.2) is 8.42 Å². The highest BCUT2D eigenvalue weighted by molar-refractivity contribution is 9.13. The van der Waals surface area contributed by atoms with Gasteiger partial charge >= 0.3 is 0 Å². The molecule has 1 heterocycles. The molecule has 0 amide bonds. The van der Waals surface area contributed by atoms with Crippen molar-refractivity contribution >= 4 is 64.7 Å². The number of hydrogen-bond donors (Lipinski definition) is 1. The Hall–Kier alpha value is -0.700. The van der Waals surface area contributed by atoms with E-state index in [9.17, 15) is 13.2 Å². The molecule has 4 nitrogen and oxygen atoms in total. The second-order valence-corrected chi connectivity index (χ2v) is 8.99. The molecule has 0 spiro atoms. The topological polar surface area (TPSA) is 63.2 Å². The van der Waals surface area contributed by atoms with Gasteiger partial charge in [-0.2, -0.15) is 0 Å². The fourth-order valence-electron chi connectivity index (χ4n) is 1.50. The Morgan fingerprint density at radius 1 is 1.20 bits per heavy atom. The number of halogens is 2. The van der Waals surface area contributed by atoms with Crippen LogP contribution in [0.25, 0.3) is 0 Å². The van der Waals surface area contributed by atoms with E-state index in [1.165, 1.54) is 11.3 Å². The predicted octanol–water partition coefficient (Wildman–Crippen LogP) is 3.88. The number of rotatable bonds is 4. The Morgan fingerprint density at radius 3 is 2.25 bits per heavy atom. The molecule has 8 heteroatoms. The Morgan fingerprint density at radius 2 is 1.80 bits per heavy atom. The Balaban J connectivity index is 2.24. The first-order chi connectivity index (χ1) is 9.26. The maximum atomic E-state index is 12.2. The first-order valence-corrected chi connectivity index (χ1v) is 9.63. The van der Waals surface area contributed by atoms with Crippen molar-refractivity contribution in [3.05, 3.63) is 49.0 Å². The second-order valence-electron chi connectivity index (χ2n) is 4.01. The summed E-state index contributed by atoms with van der Waals surface area (Å²) in [4.78, 5) is 12.8. The standard InChI is InChI=1S/C12H9Br2NO3S2/c1-20(17,18)15-8-4-2-7(3-5-8)11(16)10-6-9(13)12(14)19-10/h2-6,15H,1H3. The van der Waals surface area contributed by atoms with Crippen LogP contribution in [-0.4, -0.2) is 20.5 Å². The van der Waals surface area contributed by atoms with Gasteiger partial charge in [-0.15, -0.1) is 11.3 Å². The number of ketones is 1. The Kier molecular flexibility index (Phi) is 4.68. The highest BCUT2D eigenvalue weighted by Crippen LogP contribution is 2.33. The van der Waals surface area contributed by atoms with E-state index in [-0.39, 0.29) is 5.78 Å². The fourth-order valence-corrected chi connectivity index (χ4v) is 4.07. The average molecular weight is 439 g/mol.